The van der Waals surface area contributed by atoms with Crippen molar-refractivity contribution in [1.82, 2.24) is 0 Å². The minimum Gasteiger partial charge on any atom is -0.381 e. The zero-order valence-corrected chi connectivity index (χ0v) is 10.4. The van der Waals surface area contributed by atoms with Crippen molar-refractivity contribution < 1.29 is 26.7 Å². The van der Waals surface area contributed by atoms with Crippen molar-refractivity contribution in [1.29, 1.82) is 0 Å². The van der Waals surface area contributed by atoms with Gasteiger partial charge in [-0.1, -0.05) is 0 Å². The van der Waals surface area contributed by atoms with Gasteiger partial charge in [-0.05, 0) is 12.8 Å². The highest BCUT2D eigenvalue weighted by Gasteiger charge is 2.35. The molecule has 112 valence electrons. The third-order valence-electron chi connectivity index (χ3n) is 3.44. The van der Waals surface area contributed by atoms with Gasteiger partial charge in [-0.3, -0.25) is 0 Å². The lowest BCUT2D eigenvalue weighted by Crippen LogP contribution is -2.50. The number of ether oxygens (including phenoxy) is 1. The molecule has 1 aromatic carbocycles. The van der Waals surface area contributed by atoms with E-state index in [1.54, 1.807) is 0 Å². The molecular weight excluding hydrogens is 283 g/mol. The molecule has 8 heteroatoms. The van der Waals surface area contributed by atoms with Gasteiger partial charge in [-0.25, -0.2) is 22.0 Å². The highest BCUT2D eigenvalue weighted by Crippen LogP contribution is 2.32. The average molecular weight is 296 g/mol. The highest BCUT2D eigenvalue weighted by atomic mass is 19.2. The van der Waals surface area contributed by atoms with Crippen LogP contribution in [0, 0.1) is 29.1 Å². The fourth-order valence-corrected chi connectivity index (χ4v) is 2.12. The molecule has 1 saturated heterocycles. The third-order valence-corrected chi connectivity index (χ3v) is 3.44. The van der Waals surface area contributed by atoms with E-state index in [9.17, 15) is 22.0 Å². The first kappa shape index (κ1) is 15.0. The number of benzene rings is 1. The van der Waals surface area contributed by atoms with Crippen LogP contribution in [-0.4, -0.2) is 25.3 Å². The van der Waals surface area contributed by atoms with Gasteiger partial charge in [0.05, 0.1) is 5.54 Å². The molecule has 1 aliphatic heterocycles. The maximum absolute atomic E-state index is 13.6. The fourth-order valence-electron chi connectivity index (χ4n) is 2.12. The highest BCUT2D eigenvalue weighted by molar-refractivity contribution is 5.50. The van der Waals surface area contributed by atoms with Crippen molar-refractivity contribution in [2.24, 2.45) is 5.73 Å². The quantitative estimate of drug-likeness (QED) is 0.511. The van der Waals surface area contributed by atoms with E-state index in [4.69, 9.17) is 10.5 Å². The summed E-state index contributed by atoms with van der Waals surface area (Å²) >= 11 is 0. The molecule has 0 atom stereocenters. The molecule has 3 nitrogen and oxygen atoms in total. The zero-order valence-electron chi connectivity index (χ0n) is 10.4. The molecule has 1 heterocycles. The molecule has 0 aromatic heterocycles. The summed E-state index contributed by atoms with van der Waals surface area (Å²) in [6.45, 7) is 0.565. The maximum Gasteiger partial charge on any atom is 0.200 e. The van der Waals surface area contributed by atoms with Crippen LogP contribution in [0.15, 0.2) is 0 Å². The minimum absolute atomic E-state index is 0.0180. The monoisotopic (exact) mass is 296 g/mol. The molecule has 2 rings (SSSR count). The molecule has 20 heavy (non-hydrogen) atoms. The van der Waals surface area contributed by atoms with E-state index >= 15 is 0 Å². The standard InChI is InChI=1S/C12H13F5N2O/c13-6-7(14)9(16)11(10(17)8(6)15)19-12(5-18)1-3-20-4-2-12/h19H,1-5,18H2. The van der Waals surface area contributed by atoms with Gasteiger partial charge in [0.15, 0.2) is 23.3 Å². The van der Waals surface area contributed by atoms with E-state index < -0.39 is 40.3 Å². The van der Waals surface area contributed by atoms with Crippen LogP contribution in [0.25, 0.3) is 0 Å². The number of nitrogens with two attached hydrogens (primary N) is 1. The second-order valence-electron chi connectivity index (χ2n) is 4.67. The second kappa shape index (κ2) is 5.53. The van der Waals surface area contributed by atoms with Crippen molar-refractivity contribution in [3.8, 4) is 0 Å². The van der Waals surface area contributed by atoms with Crippen LogP contribution in [0.4, 0.5) is 27.6 Å². The molecule has 1 aliphatic rings. The summed E-state index contributed by atoms with van der Waals surface area (Å²) in [6, 6.07) is 0. The number of hydrogen-bond acceptors (Lipinski definition) is 3. The number of nitrogens with one attached hydrogen (secondary N) is 1. The predicted molar refractivity (Wildman–Crippen MR) is 61.7 cm³/mol. The molecule has 0 unspecified atom stereocenters. The van der Waals surface area contributed by atoms with Crippen LogP contribution in [-0.2, 0) is 4.74 Å². The minimum atomic E-state index is -2.18. The number of hydrogen-bond donors (Lipinski definition) is 2. The number of anilines is 1. The average Bonchev–Trinajstić information content (AvgIpc) is 2.48. The smallest absolute Gasteiger partial charge is 0.200 e. The molecular formula is C12H13F5N2O. The normalized spacial score (nSPS) is 18.1. The molecule has 0 saturated carbocycles. The SMILES string of the molecule is NCC1(Nc2c(F)c(F)c(F)c(F)c2F)CCOCC1. The van der Waals surface area contributed by atoms with Crippen molar-refractivity contribution in [2.45, 2.75) is 18.4 Å². The fraction of sp³-hybridized carbons (Fsp3) is 0.500. The summed E-state index contributed by atoms with van der Waals surface area (Å²) in [5.41, 5.74) is 3.57. The van der Waals surface area contributed by atoms with Crippen molar-refractivity contribution >= 4 is 5.69 Å². The summed E-state index contributed by atoms with van der Waals surface area (Å²) in [4.78, 5) is 0. The Labute approximate surface area is 111 Å². The van der Waals surface area contributed by atoms with Crippen LogP contribution < -0.4 is 11.1 Å². The first-order valence-electron chi connectivity index (χ1n) is 5.99. The van der Waals surface area contributed by atoms with Crippen LogP contribution >= 0.6 is 0 Å². The summed E-state index contributed by atoms with van der Waals surface area (Å²) < 4.78 is 71.5. The van der Waals surface area contributed by atoms with Gasteiger partial charge in [0.25, 0.3) is 0 Å². The van der Waals surface area contributed by atoms with Crippen molar-refractivity contribution in [2.75, 3.05) is 25.1 Å². The summed E-state index contributed by atoms with van der Waals surface area (Å²) in [5, 5.41) is 2.39. The third kappa shape index (κ3) is 2.45. The summed E-state index contributed by atoms with van der Waals surface area (Å²) in [6.07, 6.45) is 0.617. The molecule has 3 N–H and O–H groups in total. The topological polar surface area (TPSA) is 47.3 Å². The van der Waals surface area contributed by atoms with Crippen molar-refractivity contribution in [3.05, 3.63) is 29.1 Å². The van der Waals surface area contributed by atoms with Crippen LogP contribution in [0.3, 0.4) is 0 Å². The lowest BCUT2D eigenvalue weighted by Gasteiger charge is -2.38. The Balaban J connectivity index is 2.42. The number of halogens is 5. The van der Waals surface area contributed by atoms with E-state index in [2.05, 4.69) is 5.32 Å². The van der Waals surface area contributed by atoms with E-state index in [1.807, 2.05) is 0 Å². The Morgan fingerprint density at radius 3 is 1.80 bits per heavy atom. The van der Waals surface area contributed by atoms with Crippen molar-refractivity contribution in [3.63, 3.8) is 0 Å². The Morgan fingerprint density at radius 1 is 0.900 bits per heavy atom. The van der Waals surface area contributed by atoms with Gasteiger partial charge in [-0.15, -0.1) is 0 Å². The Kier molecular flexibility index (Phi) is 4.14. The van der Waals surface area contributed by atoms with E-state index in [0.717, 1.165) is 0 Å². The van der Waals surface area contributed by atoms with E-state index in [-0.39, 0.29) is 6.54 Å². The van der Waals surface area contributed by atoms with Gasteiger partial charge >= 0.3 is 0 Å². The second-order valence-corrected chi connectivity index (χ2v) is 4.67. The van der Waals surface area contributed by atoms with Gasteiger partial charge in [0.1, 0.15) is 5.69 Å². The first-order valence-corrected chi connectivity index (χ1v) is 5.99. The van der Waals surface area contributed by atoms with Gasteiger partial charge < -0.3 is 15.8 Å². The summed E-state index contributed by atoms with van der Waals surface area (Å²) in [7, 11) is 0. The Morgan fingerprint density at radius 2 is 1.35 bits per heavy atom. The van der Waals surface area contributed by atoms with Gasteiger partial charge in [0, 0.05) is 19.8 Å². The largest absolute Gasteiger partial charge is 0.381 e. The molecule has 1 fully saturated rings. The van der Waals surface area contributed by atoms with Crippen LogP contribution in [0.2, 0.25) is 0 Å². The van der Waals surface area contributed by atoms with E-state index in [0.29, 0.717) is 26.1 Å². The Hall–Kier alpha value is -1.41. The maximum atomic E-state index is 13.6. The predicted octanol–water partition coefficient (Wildman–Crippen LogP) is 2.30. The molecule has 0 radical (unpaired) electrons. The molecule has 0 bridgehead atoms. The Bertz CT molecular complexity index is 488. The lowest BCUT2D eigenvalue weighted by atomic mass is 9.89. The lowest BCUT2D eigenvalue weighted by molar-refractivity contribution is 0.0625. The molecule has 0 amide bonds. The molecule has 0 aliphatic carbocycles. The van der Waals surface area contributed by atoms with Crippen LogP contribution in [0.5, 0.6) is 0 Å². The van der Waals surface area contributed by atoms with E-state index in [1.165, 1.54) is 0 Å². The van der Waals surface area contributed by atoms with Gasteiger partial charge in [-0.2, -0.15) is 0 Å². The van der Waals surface area contributed by atoms with Crippen LogP contribution in [0.1, 0.15) is 12.8 Å². The van der Waals surface area contributed by atoms with Gasteiger partial charge in [0.2, 0.25) is 5.82 Å². The zero-order chi connectivity index (χ0) is 14.9. The number of rotatable bonds is 3. The molecule has 0 spiro atoms. The summed E-state index contributed by atoms with van der Waals surface area (Å²) in [5.74, 6) is -9.92. The molecule has 1 aromatic rings. The first-order chi connectivity index (χ1) is 9.42.